The van der Waals surface area contributed by atoms with Gasteiger partial charge in [-0.2, -0.15) is 0 Å². The first-order valence-corrected chi connectivity index (χ1v) is 9.78. The summed E-state index contributed by atoms with van der Waals surface area (Å²) < 4.78 is 32.2. The van der Waals surface area contributed by atoms with Gasteiger partial charge in [-0.1, -0.05) is 6.07 Å². The lowest BCUT2D eigenvalue weighted by Gasteiger charge is -2.17. The van der Waals surface area contributed by atoms with E-state index in [9.17, 15) is 18.7 Å². The van der Waals surface area contributed by atoms with E-state index in [4.69, 9.17) is 4.74 Å². The third kappa shape index (κ3) is 5.86. The molecule has 0 amide bonds. The number of methoxy groups -OCH3 is 1. The van der Waals surface area contributed by atoms with Crippen LogP contribution in [0.4, 0.5) is 20.3 Å². The van der Waals surface area contributed by atoms with Crippen molar-refractivity contribution in [1.29, 1.82) is 0 Å². The Morgan fingerprint density at radius 1 is 1.13 bits per heavy atom. The molecule has 0 bridgehead atoms. The molecular weight excluding hydrogens is 402 g/mol. The van der Waals surface area contributed by atoms with Crippen molar-refractivity contribution in [3.05, 3.63) is 83.1 Å². The van der Waals surface area contributed by atoms with Crippen LogP contribution in [-0.2, 0) is 6.42 Å². The second kappa shape index (κ2) is 9.22. The minimum absolute atomic E-state index is 0.0779. The smallest absolute Gasteiger partial charge is 0.198 e. The van der Waals surface area contributed by atoms with Crippen molar-refractivity contribution in [2.24, 2.45) is 0 Å². The zero-order valence-corrected chi connectivity index (χ0v) is 17.6. The topological polar surface area (TPSA) is 71.5 Å². The Morgan fingerprint density at radius 3 is 2.52 bits per heavy atom. The Hall–Kier alpha value is -3.32. The highest BCUT2D eigenvalue weighted by Gasteiger charge is 2.18. The fourth-order valence-corrected chi connectivity index (χ4v) is 3.02. The van der Waals surface area contributed by atoms with Crippen molar-refractivity contribution in [2.75, 3.05) is 12.4 Å². The molecule has 0 aliphatic rings. The van der Waals surface area contributed by atoms with Crippen LogP contribution in [0.2, 0.25) is 0 Å². The number of hydrogen-bond donors (Lipinski definition) is 2. The van der Waals surface area contributed by atoms with Crippen LogP contribution < -0.4 is 10.1 Å². The van der Waals surface area contributed by atoms with Crippen LogP contribution in [0.5, 0.6) is 5.75 Å². The maximum Gasteiger partial charge on any atom is 0.198 e. The molecule has 3 aromatic rings. The number of anilines is 2. The average molecular weight is 426 g/mol. The number of benzene rings is 2. The molecule has 0 atom stereocenters. The fraction of sp³-hybridized carbons (Fsp3) is 0.250. The molecule has 5 nitrogen and oxygen atoms in total. The zero-order chi connectivity index (χ0) is 22.6. The SMILES string of the molecule is COc1ccc(CCC(C)(C)O)cc1C(=O)c1ccc(Nc2ccc(F)cc2F)nc1. The Labute approximate surface area is 179 Å². The first kappa shape index (κ1) is 22.4. The van der Waals surface area contributed by atoms with Crippen LogP contribution in [0.3, 0.4) is 0 Å². The minimum Gasteiger partial charge on any atom is -0.496 e. The van der Waals surface area contributed by atoms with Crippen molar-refractivity contribution in [3.63, 3.8) is 0 Å². The molecule has 0 radical (unpaired) electrons. The Kier molecular flexibility index (Phi) is 6.65. The van der Waals surface area contributed by atoms with Gasteiger partial charge < -0.3 is 15.2 Å². The largest absolute Gasteiger partial charge is 0.496 e. The number of pyridine rings is 1. The monoisotopic (exact) mass is 426 g/mol. The quantitative estimate of drug-likeness (QED) is 0.494. The summed E-state index contributed by atoms with van der Waals surface area (Å²) >= 11 is 0. The average Bonchev–Trinajstić information content (AvgIpc) is 2.73. The number of ether oxygens (including phenoxy) is 1. The third-order valence-electron chi connectivity index (χ3n) is 4.75. The van der Waals surface area contributed by atoms with E-state index in [-0.39, 0.29) is 11.5 Å². The third-order valence-corrected chi connectivity index (χ3v) is 4.75. The molecule has 0 spiro atoms. The molecule has 31 heavy (non-hydrogen) atoms. The summed E-state index contributed by atoms with van der Waals surface area (Å²) in [5.41, 5.74) is 0.908. The van der Waals surface area contributed by atoms with Gasteiger partial charge in [-0.25, -0.2) is 13.8 Å². The zero-order valence-electron chi connectivity index (χ0n) is 17.6. The predicted molar refractivity (Wildman–Crippen MR) is 115 cm³/mol. The number of aromatic nitrogens is 1. The number of nitrogens with zero attached hydrogens (tertiary/aromatic N) is 1. The second-order valence-corrected chi connectivity index (χ2v) is 7.86. The standard InChI is InChI=1S/C24H24F2N2O3/c1-24(2,30)11-10-15-4-8-21(31-3)18(12-15)23(29)16-5-9-22(27-14-16)28-20-7-6-17(25)13-19(20)26/h4-9,12-14,30H,10-11H2,1-3H3,(H,27,28). The highest BCUT2D eigenvalue weighted by Crippen LogP contribution is 2.26. The van der Waals surface area contributed by atoms with E-state index < -0.39 is 17.2 Å². The highest BCUT2D eigenvalue weighted by molar-refractivity contribution is 6.10. The van der Waals surface area contributed by atoms with Crippen LogP contribution in [0, 0.1) is 11.6 Å². The molecule has 2 aromatic carbocycles. The summed E-state index contributed by atoms with van der Waals surface area (Å²) in [4.78, 5) is 17.2. The Morgan fingerprint density at radius 2 is 1.90 bits per heavy atom. The van der Waals surface area contributed by atoms with Crippen molar-refractivity contribution in [2.45, 2.75) is 32.3 Å². The van der Waals surface area contributed by atoms with E-state index in [0.29, 0.717) is 35.5 Å². The van der Waals surface area contributed by atoms with E-state index in [1.807, 2.05) is 6.07 Å². The molecule has 1 heterocycles. The lowest BCUT2D eigenvalue weighted by atomic mass is 9.95. The Balaban J connectivity index is 1.80. The molecule has 0 saturated carbocycles. The van der Waals surface area contributed by atoms with Crippen LogP contribution in [-0.4, -0.2) is 28.6 Å². The van der Waals surface area contributed by atoms with Crippen molar-refractivity contribution in [3.8, 4) is 5.75 Å². The predicted octanol–water partition coefficient (Wildman–Crippen LogP) is 5.05. The molecule has 162 valence electrons. The fourth-order valence-electron chi connectivity index (χ4n) is 3.02. The van der Waals surface area contributed by atoms with Gasteiger partial charge in [0.1, 0.15) is 23.2 Å². The van der Waals surface area contributed by atoms with Crippen molar-refractivity contribution < 1.29 is 23.4 Å². The number of carbonyl (C=O) groups excluding carboxylic acids is 1. The van der Waals surface area contributed by atoms with Crippen LogP contribution >= 0.6 is 0 Å². The van der Waals surface area contributed by atoms with E-state index >= 15 is 0 Å². The maximum atomic E-state index is 13.8. The van der Waals surface area contributed by atoms with Gasteiger partial charge in [-0.05, 0) is 68.7 Å². The summed E-state index contributed by atoms with van der Waals surface area (Å²) in [6, 6.07) is 11.7. The summed E-state index contributed by atoms with van der Waals surface area (Å²) in [6.07, 6.45) is 2.54. The number of hydrogen-bond acceptors (Lipinski definition) is 5. The van der Waals surface area contributed by atoms with Gasteiger partial charge in [0.25, 0.3) is 0 Å². The molecule has 0 aliphatic carbocycles. The summed E-state index contributed by atoms with van der Waals surface area (Å²) in [6.45, 7) is 3.48. The van der Waals surface area contributed by atoms with Gasteiger partial charge in [0, 0.05) is 17.8 Å². The molecule has 2 N–H and O–H groups in total. The van der Waals surface area contributed by atoms with Gasteiger partial charge in [-0.3, -0.25) is 4.79 Å². The van der Waals surface area contributed by atoms with Crippen molar-refractivity contribution in [1.82, 2.24) is 4.98 Å². The van der Waals surface area contributed by atoms with Crippen LogP contribution in [0.15, 0.2) is 54.7 Å². The van der Waals surface area contributed by atoms with Gasteiger partial charge in [0.15, 0.2) is 5.78 Å². The summed E-state index contributed by atoms with van der Waals surface area (Å²) in [5.74, 6) is -0.931. The van der Waals surface area contributed by atoms with Gasteiger partial charge in [0.05, 0.1) is 24.0 Å². The molecule has 0 unspecified atom stereocenters. The molecule has 1 aromatic heterocycles. The number of halogens is 2. The number of nitrogens with one attached hydrogen (secondary N) is 1. The molecule has 0 saturated heterocycles. The number of rotatable bonds is 8. The van der Waals surface area contributed by atoms with E-state index in [0.717, 1.165) is 17.7 Å². The van der Waals surface area contributed by atoms with Crippen LogP contribution in [0.1, 0.15) is 41.8 Å². The minimum atomic E-state index is -0.805. The molecular formula is C24H24F2N2O3. The second-order valence-electron chi connectivity index (χ2n) is 7.86. The lowest BCUT2D eigenvalue weighted by Crippen LogP contribution is -2.19. The summed E-state index contributed by atoms with van der Waals surface area (Å²) in [5, 5.41) is 12.7. The number of carbonyl (C=O) groups is 1. The van der Waals surface area contributed by atoms with Crippen molar-refractivity contribution >= 4 is 17.3 Å². The van der Waals surface area contributed by atoms with Crippen LogP contribution in [0.25, 0.3) is 0 Å². The first-order valence-electron chi connectivity index (χ1n) is 9.78. The van der Waals surface area contributed by atoms with E-state index in [2.05, 4.69) is 10.3 Å². The lowest BCUT2D eigenvalue weighted by molar-refractivity contribution is 0.0714. The van der Waals surface area contributed by atoms with Gasteiger partial charge in [0.2, 0.25) is 0 Å². The molecule has 7 heteroatoms. The number of aryl methyl sites for hydroxylation is 1. The molecule has 3 rings (SSSR count). The van der Waals surface area contributed by atoms with E-state index in [1.54, 1.807) is 38.1 Å². The number of ketones is 1. The van der Waals surface area contributed by atoms with Gasteiger partial charge >= 0.3 is 0 Å². The molecule has 0 fully saturated rings. The number of aliphatic hydroxyl groups is 1. The Bertz CT molecular complexity index is 1080. The van der Waals surface area contributed by atoms with E-state index in [1.165, 1.54) is 19.4 Å². The van der Waals surface area contributed by atoms with Gasteiger partial charge in [-0.15, -0.1) is 0 Å². The first-order chi connectivity index (χ1) is 14.7. The summed E-state index contributed by atoms with van der Waals surface area (Å²) in [7, 11) is 1.49. The maximum absolute atomic E-state index is 13.8. The molecule has 0 aliphatic heterocycles. The normalized spacial score (nSPS) is 11.3. The highest BCUT2D eigenvalue weighted by atomic mass is 19.1.